The van der Waals surface area contributed by atoms with Crippen LogP contribution in [0.15, 0.2) is 81.1 Å². The van der Waals surface area contributed by atoms with Gasteiger partial charge in [-0.15, -0.1) is 0 Å². The fraction of sp³-hybridized carbons (Fsp3) is 0.111. The SMILES string of the molecule is O=S(=O)(NCC(c1ccco1)S(=O)(=O)c1ccc(F)cc1)c1ccc(F)cc1. The zero-order valence-corrected chi connectivity index (χ0v) is 15.9. The number of rotatable bonds is 7. The number of hydrogen-bond acceptors (Lipinski definition) is 5. The van der Waals surface area contributed by atoms with Crippen LogP contribution in [0.1, 0.15) is 11.0 Å². The van der Waals surface area contributed by atoms with Crippen LogP contribution in [0.2, 0.25) is 0 Å². The number of hydrogen-bond donors (Lipinski definition) is 1. The molecule has 10 heteroatoms. The molecule has 0 aliphatic heterocycles. The molecule has 3 aromatic rings. The summed E-state index contributed by atoms with van der Waals surface area (Å²) in [4.78, 5) is -0.400. The highest BCUT2D eigenvalue weighted by atomic mass is 32.2. The average Bonchev–Trinajstić information content (AvgIpc) is 3.16. The van der Waals surface area contributed by atoms with Gasteiger partial charge < -0.3 is 4.42 Å². The van der Waals surface area contributed by atoms with Gasteiger partial charge in [-0.2, -0.15) is 0 Å². The number of benzene rings is 2. The van der Waals surface area contributed by atoms with Crippen molar-refractivity contribution in [2.75, 3.05) is 6.54 Å². The molecule has 28 heavy (non-hydrogen) atoms. The van der Waals surface area contributed by atoms with Gasteiger partial charge in [-0.1, -0.05) is 0 Å². The quantitative estimate of drug-likeness (QED) is 0.585. The normalized spacial score (nSPS) is 13.4. The molecule has 0 amide bonds. The predicted octanol–water partition coefficient (Wildman–Crippen LogP) is 3.05. The lowest BCUT2D eigenvalue weighted by atomic mass is 10.3. The van der Waals surface area contributed by atoms with E-state index in [1.54, 1.807) is 0 Å². The van der Waals surface area contributed by atoms with E-state index in [-0.39, 0.29) is 15.6 Å². The monoisotopic (exact) mass is 427 g/mol. The molecule has 1 heterocycles. The van der Waals surface area contributed by atoms with Crippen molar-refractivity contribution >= 4 is 19.9 Å². The van der Waals surface area contributed by atoms with E-state index in [9.17, 15) is 25.6 Å². The van der Waals surface area contributed by atoms with Gasteiger partial charge in [-0.3, -0.25) is 0 Å². The first-order valence-electron chi connectivity index (χ1n) is 7.98. The Morgan fingerprint density at radius 2 is 1.36 bits per heavy atom. The second-order valence-corrected chi connectivity index (χ2v) is 9.71. The molecule has 0 spiro atoms. The fourth-order valence-corrected chi connectivity index (χ4v) is 5.25. The van der Waals surface area contributed by atoms with Gasteiger partial charge in [0.05, 0.1) is 16.1 Å². The van der Waals surface area contributed by atoms with Gasteiger partial charge in [0, 0.05) is 6.54 Å². The minimum atomic E-state index is -4.10. The largest absolute Gasteiger partial charge is 0.468 e. The zero-order chi connectivity index (χ0) is 20.4. The summed E-state index contributed by atoms with van der Waals surface area (Å²) in [5.74, 6) is -1.19. The summed E-state index contributed by atoms with van der Waals surface area (Å²) in [6.45, 7) is -0.535. The molecule has 1 aromatic heterocycles. The molecule has 148 valence electrons. The van der Waals surface area contributed by atoms with Crippen molar-refractivity contribution in [3.8, 4) is 0 Å². The number of furan rings is 1. The summed E-state index contributed by atoms with van der Waals surface area (Å²) in [5.41, 5.74) is 0. The Hall–Kier alpha value is -2.56. The van der Waals surface area contributed by atoms with Gasteiger partial charge in [-0.05, 0) is 60.7 Å². The van der Waals surface area contributed by atoms with Crippen LogP contribution in [0.25, 0.3) is 0 Å². The van der Waals surface area contributed by atoms with E-state index in [1.165, 1.54) is 18.4 Å². The standard InChI is InChI=1S/C18H15F2NO5S2/c19-13-3-7-15(8-4-13)27(22,23)18(17-2-1-11-26-17)12-21-28(24,25)16-9-5-14(20)6-10-16/h1-11,18,21H,12H2. The summed E-state index contributed by atoms with van der Waals surface area (Å²) in [6, 6.07) is 11.1. The summed E-state index contributed by atoms with van der Waals surface area (Å²) in [7, 11) is -8.19. The molecule has 0 fully saturated rings. The van der Waals surface area contributed by atoms with Gasteiger partial charge in [0.1, 0.15) is 22.6 Å². The molecule has 1 N–H and O–H groups in total. The van der Waals surface area contributed by atoms with Crippen LogP contribution in [-0.2, 0) is 19.9 Å². The summed E-state index contributed by atoms with van der Waals surface area (Å²) in [5, 5.41) is -1.39. The Bertz CT molecular complexity index is 1140. The van der Waals surface area contributed by atoms with Crippen LogP contribution >= 0.6 is 0 Å². The number of sulfone groups is 1. The molecule has 0 saturated heterocycles. The molecular weight excluding hydrogens is 412 g/mol. The van der Waals surface area contributed by atoms with E-state index < -0.39 is 43.3 Å². The number of halogens is 2. The van der Waals surface area contributed by atoms with Gasteiger partial charge in [-0.25, -0.2) is 30.3 Å². The highest BCUT2D eigenvalue weighted by molar-refractivity contribution is 7.92. The smallest absolute Gasteiger partial charge is 0.240 e. The van der Waals surface area contributed by atoms with E-state index >= 15 is 0 Å². The average molecular weight is 427 g/mol. The minimum absolute atomic E-state index is 0.0196. The van der Waals surface area contributed by atoms with Crippen LogP contribution in [-0.4, -0.2) is 23.4 Å². The maximum absolute atomic E-state index is 13.1. The first-order valence-corrected chi connectivity index (χ1v) is 11.0. The first-order chi connectivity index (χ1) is 13.2. The Kier molecular flexibility index (Phi) is 5.64. The topological polar surface area (TPSA) is 93.4 Å². The van der Waals surface area contributed by atoms with Crippen LogP contribution < -0.4 is 4.72 Å². The maximum Gasteiger partial charge on any atom is 0.240 e. The van der Waals surface area contributed by atoms with Gasteiger partial charge in [0.15, 0.2) is 9.84 Å². The van der Waals surface area contributed by atoms with Crippen LogP contribution in [0.3, 0.4) is 0 Å². The van der Waals surface area contributed by atoms with E-state index in [2.05, 4.69) is 4.72 Å². The second-order valence-electron chi connectivity index (χ2n) is 5.81. The molecule has 0 aliphatic rings. The molecule has 3 rings (SSSR count). The lowest BCUT2D eigenvalue weighted by molar-refractivity contribution is 0.486. The van der Waals surface area contributed by atoms with Gasteiger partial charge in [0.2, 0.25) is 10.0 Å². The highest BCUT2D eigenvalue weighted by Crippen LogP contribution is 2.29. The van der Waals surface area contributed by atoms with Crippen molar-refractivity contribution in [3.05, 3.63) is 84.3 Å². The molecule has 0 aliphatic carbocycles. The Morgan fingerprint density at radius 3 is 1.86 bits per heavy atom. The molecule has 1 unspecified atom stereocenters. The lowest BCUT2D eigenvalue weighted by Crippen LogP contribution is -2.31. The molecular formula is C18H15F2NO5S2. The third kappa shape index (κ3) is 4.29. The van der Waals surface area contributed by atoms with Crippen molar-refractivity contribution in [2.45, 2.75) is 15.0 Å². The molecule has 2 aromatic carbocycles. The molecule has 0 saturated carbocycles. The zero-order valence-electron chi connectivity index (χ0n) is 14.2. The van der Waals surface area contributed by atoms with Crippen molar-refractivity contribution in [1.82, 2.24) is 4.72 Å². The van der Waals surface area contributed by atoms with E-state index in [4.69, 9.17) is 4.42 Å². The third-order valence-corrected chi connectivity index (χ3v) is 7.48. The summed E-state index contributed by atoms with van der Waals surface area (Å²) >= 11 is 0. The predicted molar refractivity (Wildman–Crippen MR) is 96.6 cm³/mol. The first kappa shape index (κ1) is 20.2. The van der Waals surface area contributed by atoms with E-state index in [0.29, 0.717) is 0 Å². The van der Waals surface area contributed by atoms with E-state index in [1.807, 2.05) is 0 Å². The Morgan fingerprint density at radius 1 is 0.821 bits per heavy atom. The van der Waals surface area contributed by atoms with Crippen LogP contribution in [0.5, 0.6) is 0 Å². The number of nitrogens with one attached hydrogen (secondary N) is 1. The molecule has 0 radical (unpaired) electrons. The second kappa shape index (κ2) is 7.82. The molecule has 6 nitrogen and oxygen atoms in total. The fourth-order valence-electron chi connectivity index (χ4n) is 2.51. The van der Waals surface area contributed by atoms with Gasteiger partial charge >= 0.3 is 0 Å². The molecule has 0 bridgehead atoms. The summed E-state index contributed by atoms with van der Waals surface area (Å²) < 4.78 is 84.3. The lowest BCUT2D eigenvalue weighted by Gasteiger charge is -2.17. The molecule has 1 atom stereocenters. The van der Waals surface area contributed by atoms with E-state index in [0.717, 1.165) is 48.5 Å². The Labute approximate surface area is 160 Å². The van der Waals surface area contributed by atoms with Crippen molar-refractivity contribution in [2.24, 2.45) is 0 Å². The highest BCUT2D eigenvalue weighted by Gasteiger charge is 2.33. The van der Waals surface area contributed by atoms with Crippen molar-refractivity contribution < 1.29 is 30.0 Å². The minimum Gasteiger partial charge on any atom is -0.468 e. The van der Waals surface area contributed by atoms with Crippen LogP contribution in [0.4, 0.5) is 8.78 Å². The Balaban J connectivity index is 1.91. The van der Waals surface area contributed by atoms with Crippen molar-refractivity contribution in [3.63, 3.8) is 0 Å². The maximum atomic E-state index is 13.1. The van der Waals surface area contributed by atoms with Crippen LogP contribution in [0, 0.1) is 11.6 Å². The number of sulfonamides is 1. The third-order valence-electron chi connectivity index (χ3n) is 3.96. The van der Waals surface area contributed by atoms with Crippen molar-refractivity contribution in [1.29, 1.82) is 0 Å². The summed E-state index contributed by atoms with van der Waals surface area (Å²) in [6.07, 6.45) is 1.26. The van der Waals surface area contributed by atoms with Gasteiger partial charge in [0.25, 0.3) is 0 Å².